The molecular formula is C13H24FNO6. The van der Waals surface area contributed by atoms with Crippen LogP contribution in [0.1, 0.15) is 17.9 Å². The largest absolute Gasteiger partial charge is 0.481 e. The summed E-state index contributed by atoms with van der Waals surface area (Å²) in [5.41, 5.74) is 0.781. The van der Waals surface area contributed by atoms with E-state index in [9.17, 15) is 14.3 Å². The molecule has 1 saturated heterocycles. The van der Waals surface area contributed by atoms with Gasteiger partial charge in [0.05, 0.1) is 5.92 Å². The van der Waals surface area contributed by atoms with Crippen LogP contribution in [0.25, 0.3) is 0 Å². The fourth-order valence-electron chi connectivity index (χ4n) is 2.49. The number of hydrogen-bond donors (Lipinski definition) is 1. The number of likely N-dealkylation sites (N-methyl/N-ethyl adjacent to an activating group) is 1. The van der Waals surface area contributed by atoms with Gasteiger partial charge in [-0.25, -0.2) is 4.39 Å². The zero-order chi connectivity index (χ0) is 12.4. The van der Waals surface area contributed by atoms with Crippen LogP contribution in [-0.4, -0.2) is 58.0 Å². The van der Waals surface area contributed by atoms with Gasteiger partial charge in [0.15, 0.2) is 0 Å². The highest BCUT2D eigenvalue weighted by molar-refractivity contribution is 5.71. The minimum atomic E-state index is -0.785. The molecule has 124 valence electrons. The van der Waals surface area contributed by atoms with Crippen molar-refractivity contribution in [2.75, 3.05) is 20.1 Å². The van der Waals surface area contributed by atoms with Gasteiger partial charge >= 0.3 is 5.97 Å². The topological polar surface area (TPSA) is 167 Å². The van der Waals surface area contributed by atoms with Gasteiger partial charge in [-0.15, -0.1) is 0 Å². The van der Waals surface area contributed by atoms with Crippen molar-refractivity contribution in [3.8, 4) is 0 Å². The average Bonchev–Trinajstić information content (AvgIpc) is 2.28. The Kier molecular flexibility index (Phi) is 11.9. The van der Waals surface area contributed by atoms with Crippen LogP contribution in [0.2, 0.25) is 0 Å². The van der Waals surface area contributed by atoms with Gasteiger partial charge < -0.3 is 31.9 Å². The second kappa shape index (κ2) is 10.2. The van der Waals surface area contributed by atoms with Crippen molar-refractivity contribution >= 4 is 5.97 Å². The molecule has 1 fully saturated rings. The summed E-state index contributed by atoms with van der Waals surface area (Å²) >= 11 is 0. The van der Waals surface area contributed by atoms with E-state index < -0.39 is 11.9 Å². The Morgan fingerprint density at radius 2 is 1.90 bits per heavy atom. The fourth-order valence-corrected chi connectivity index (χ4v) is 2.49. The molecule has 0 aliphatic carbocycles. The maximum absolute atomic E-state index is 13.2. The maximum atomic E-state index is 13.2. The third kappa shape index (κ3) is 5.74. The van der Waals surface area contributed by atoms with Crippen LogP contribution in [0.3, 0.4) is 0 Å². The van der Waals surface area contributed by atoms with Gasteiger partial charge in [-0.3, -0.25) is 4.79 Å². The summed E-state index contributed by atoms with van der Waals surface area (Å²) in [4.78, 5) is 13.3. The Hall–Kier alpha value is -1.58. The molecule has 1 aromatic rings. The standard InChI is InChI=1S/C13H16FNO2.4H2O/c1-15-6-5-11(13(16)17)12(8-15)9-3-2-4-10(14)7-9;;;;/h2-4,7,11-12H,5-6,8H2,1H3,(H,16,17);4*1H2/t11-,12+;;;;/m0..../s1. The lowest BCUT2D eigenvalue weighted by molar-refractivity contribution is -0.144. The van der Waals surface area contributed by atoms with Crippen molar-refractivity contribution in [1.82, 2.24) is 4.90 Å². The molecule has 1 aliphatic rings. The molecule has 0 saturated carbocycles. The number of carbonyl (C=O) groups is 1. The number of piperidine rings is 1. The number of nitrogens with zero attached hydrogens (tertiary/aromatic N) is 1. The van der Waals surface area contributed by atoms with Gasteiger partial charge in [-0.1, -0.05) is 12.1 Å². The molecule has 1 heterocycles. The van der Waals surface area contributed by atoms with Crippen molar-refractivity contribution in [2.45, 2.75) is 12.3 Å². The van der Waals surface area contributed by atoms with Crippen molar-refractivity contribution in [2.24, 2.45) is 5.92 Å². The zero-order valence-electron chi connectivity index (χ0n) is 11.8. The molecule has 9 N–H and O–H groups in total. The van der Waals surface area contributed by atoms with Crippen LogP contribution in [0.15, 0.2) is 24.3 Å². The van der Waals surface area contributed by atoms with E-state index in [1.165, 1.54) is 12.1 Å². The molecule has 0 unspecified atom stereocenters. The lowest BCUT2D eigenvalue weighted by atomic mass is 9.81. The number of likely N-dealkylation sites (tertiary alicyclic amines) is 1. The second-order valence-electron chi connectivity index (χ2n) is 4.66. The van der Waals surface area contributed by atoms with Crippen LogP contribution in [0, 0.1) is 11.7 Å². The van der Waals surface area contributed by atoms with Gasteiger partial charge in [0.25, 0.3) is 0 Å². The van der Waals surface area contributed by atoms with Gasteiger partial charge in [-0.2, -0.15) is 0 Å². The molecule has 8 heteroatoms. The Balaban J connectivity index is -0.000000810. The van der Waals surface area contributed by atoms with Crippen LogP contribution in [0.5, 0.6) is 0 Å². The number of benzene rings is 1. The van der Waals surface area contributed by atoms with E-state index in [-0.39, 0.29) is 33.6 Å². The number of rotatable bonds is 2. The Morgan fingerprint density at radius 1 is 1.29 bits per heavy atom. The molecule has 7 nitrogen and oxygen atoms in total. The lowest BCUT2D eigenvalue weighted by Gasteiger charge is -2.34. The normalized spacial score (nSPS) is 20.9. The summed E-state index contributed by atoms with van der Waals surface area (Å²) in [5.74, 6) is -1.62. The lowest BCUT2D eigenvalue weighted by Crippen LogP contribution is -2.39. The highest BCUT2D eigenvalue weighted by atomic mass is 19.1. The van der Waals surface area contributed by atoms with Crippen molar-refractivity contribution in [1.29, 1.82) is 0 Å². The first-order valence-electron chi connectivity index (χ1n) is 5.74. The molecule has 0 bridgehead atoms. The summed E-state index contributed by atoms with van der Waals surface area (Å²) in [6, 6.07) is 6.27. The highest BCUT2D eigenvalue weighted by Crippen LogP contribution is 2.32. The molecule has 21 heavy (non-hydrogen) atoms. The Morgan fingerprint density at radius 3 is 2.43 bits per heavy atom. The van der Waals surface area contributed by atoms with Gasteiger partial charge in [0.1, 0.15) is 5.82 Å². The zero-order valence-corrected chi connectivity index (χ0v) is 11.8. The Bertz CT molecular complexity index is 431. The summed E-state index contributed by atoms with van der Waals surface area (Å²) < 4.78 is 13.2. The molecule has 0 aromatic heterocycles. The summed E-state index contributed by atoms with van der Waals surface area (Å²) in [5, 5.41) is 9.21. The molecule has 0 radical (unpaired) electrons. The smallest absolute Gasteiger partial charge is 0.307 e. The fraction of sp³-hybridized carbons (Fsp3) is 0.462. The van der Waals surface area contributed by atoms with E-state index in [1.54, 1.807) is 6.07 Å². The first-order valence-corrected chi connectivity index (χ1v) is 5.74. The third-order valence-corrected chi connectivity index (χ3v) is 3.41. The number of carboxylic acid groups (broad SMARTS) is 1. The van der Waals surface area contributed by atoms with Gasteiger partial charge in [0, 0.05) is 12.5 Å². The predicted octanol–water partition coefficient (Wildman–Crippen LogP) is -1.35. The van der Waals surface area contributed by atoms with Crippen LogP contribution in [-0.2, 0) is 4.79 Å². The summed E-state index contributed by atoms with van der Waals surface area (Å²) in [6.07, 6.45) is 0.618. The van der Waals surface area contributed by atoms with Gasteiger partial charge in [-0.05, 0) is 37.7 Å². The van der Waals surface area contributed by atoms with Gasteiger partial charge in [0.2, 0.25) is 0 Å². The molecule has 2 atom stereocenters. The molecule has 0 spiro atoms. The van der Waals surface area contributed by atoms with E-state index in [1.807, 2.05) is 13.1 Å². The van der Waals surface area contributed by atoms with E-state index >= 15 is 0 Å². The third-order valence-electron chi connectivity index (χ3n) is 3.41. The molecule has 1 aliphatic heterocycles. The number of carboxylic acids is 1. The summed E-state index contributed by atoms with van der Waals surface area (Å²) in [7, 11) is 1.96. The number of halogens is 1. The first-order chi connectivity index (χ1) is 8.08. The van der Waals surface area contributed by atoms with Crippen molar-refractivity contribution in [3.63, 3.8) is 0 Å². The predicted molar refractivity (Wildman–Crippen MR) is 76.8 cm³/mol. The Labute approximate surface area is 122 Å². The van der Waals surface area contributed by atoms with Crippen LogP contribution < -0.4 is 0 Å². The number of aliphatic carboxylic acids is 1. The minimum Gasteiger partial charge on any atom is -0.481 e. The minimum absolute atomic E-state index is 0. The number of hydrogen-bond acceptors (Lipinski definition) is 2. The van der Waals surface area contributed by atoms with E-state index in [4.69, 9.17) is 0 Å². The van der Waals surface area contributed by atoms with E-state index in [2.05, 4.69) is 4.90 Å². The molecule has 0 amide bonds. The quantitative estimate of drug-likeness (QED) is 0.714. The average molecular weight is 309 g/mol. The van der Waals surface area contributed by atoms with E-state index in [0.29, 0.717) is 13.0 Å². The first kappa shape index (κ1) is 24.4. The van der Waals surface area contributed by atoms with Crippen molar-refractivity contribution in [3.05, 3.63) is 35.6 Å². The summed E-state index contributed by atoms with van der Waals surface area (Å²) in [6.45, 7) is 1.45. The molecular weight excluding hydrogens is 285 g/mol. The van der Waals surface area contributed by atoms with Crippen LogP contribution in [0.4, 0.5) is 4.39 Å². The monoisotopic (exact) mass is 309 g/mol. The van der Waals surface area contributed by atoms with Crippen LogP contribution >= 0.6 is 0 Å². The molecule has 2 rings (SSSR count). The molecule has 1 aromatic carbocycles. The van der Waals surface area contributed by atoms with E-state index in [0.717, 1.165) is 12.1 Å². The van der Waals surface area contributed by atoms with Crippen molar-refractivity contribution < 1.29 is 36.2 Å². The second-order valence-corrected chi connectivity index (χ2v) is 4.66. The highest BCUT2D eigenvalue weighted by Gasteiger charge is 2.33. The SMILES string of the molecule is CN1CC[C@H](C(=O)O)[C@@H](c2cccc(F)c2)C1.O.O.O.O. The maximum Gasteiger partial charge on any atom is 0.307 e.